The Morgan fingerprint density at radius 2 is 2.11 bits per heavy atom. The van der Waals surface area contributed by atoms with Gasteiger partial charge in [0.1, 0.15) is 6.04 Å². The fourth-order valence-corrected chi connectivity index (χ4v) is 1.91. The molecule has 0 spiro atoms. The van der Waals surface area contributed by atoms with Crippen molar-refractivity contribution in [1.82, 2.24) is 10.2 Å². The average molecular weight is 328 g/mol. The number of benzene rings is 1. The van der Waals surface area contributed by atoms with Gasteiger partial charge in [0.05, 0.1) is 5.56 Å². The third kappa shape index (κ3) is 3.96. The Hall–Kier alpha value is -1.56. The van der Waals surface area contributed by atoms with Crippen LogP contribution in [0.15, 0.2) is 22.7 Å². The van der Waals surface area contributed by atoms with Crippen molar-refractivity contribution in [3.05, 3.63) is 28.2 Å². The molecule has 0 aliphatic carbocycles. The number of nitrogen functional groups attached to an aromatic ring is 1. The number of hydrogen-bond acceptors (Lipinski definition) is 3. The SMILES string of the molecule is CCN(C)C(=O)C(C)NC(=O)c1cc(Br)ccc1N. The predicted octanol–water partition coefficient (Wildman–Crippen LogP) is 1.63. The normalized spacial score (nSPS) is 11.8. The van der Waals surface area contributed by atoms with Crippen molar-refractivity contribution < 1.29 is 9.59 Å². The first-order valence-corrected chi connectivity index (χ1v) is 6.77. The van der Waals surface area contributed by atoms with Crippen LogP contribution in [0.1, 0.15) is 24.2 Å². The second-order valence-corrected chi connectivity index (χ2v) is 5.19. The van der Waals surface area contributed by atoms with E-state index in [2.05, 4.69) is 21.2 Å². The molecule has 0 aliphatic heterocycles. The zero-order chi connectivity index (χ0) is 14.6. The second kappa shape index (κ2) is 6.56. The van der Waals surface area contributed by atoms with E-state index in [1.165, 1.54) is 0 Å². The topological polar surface area (TPSA) is 75.4 Å². The monoisotopic (exact) mass is 327 g/mol. The fourth-order valence-electron chi connectivity index (χ4n) is 1.55. The van der Waals surface area contributed by atoms with Crippen molar-refractivity contribution in [3.8, 4) is 0 Å². The largest absolute Gasteiger partial charge is 0.398 e. The van der Waals surface area contributed by atoms with Crippen LogP contribution in [0.4, 0.5) is 5.69 Å². The first kappa shape index (κ1) is 15.5. The molecular formula is C13H18BrN3O2. The maximum Gasteiger partial charge on any atom is 0.254 e. The lowest BCUT2D eigenvalue weighted by Crippen LogP contribution is -2.45. The van der Waals surface area contributed by atoms with Gasteiger partial charge in [-0.15, -0.1) is 0 Å². The summed E-state index contributed by atoms with van der Waals surface area (Å²) < 4.78 is 0.761. The number of halogens is 1. The summed E-state index contributed by atoms with van der Waals surface area (Å²) in [5.41, 5.74) is 6.48. The number of anilines is 1. The van der Waals surface area contributed by atoms with Crippen molar-refractivity contribution in [3.63, 3.8) is 0 Å². The highest BCUT2D eigenvalue weighted by molar-refractivity contribution is 9.10. The molecule has 0 saturated carbocycles. The van der Waals surface area contributed by atoms with Gasteiger partial charge >= 0.3 is 0 Å². The molecule has 0 bridgehead atoms. The average Bonchev–Trinajstić information content (AvgIpc) is 2.39. The quantitative estimate of drug-likeness (QED) is 0.825. The van der Waals surface area contributed by atoms with E-state index in [9.17, 15) is 9.59 Å². The zero-order valence-corrected chi connectivity index (χ0v) is 12.8. The molecule has 1 rings (SSSR count). The summed E-state index contributed by atoms with van der Waals surface area (Å²) in [4.78, 5) is 25.5. The van der Waals surface area contributed by atoms with Crippen LogP contribution in [0.2, 0.25) is 0 Å². The molecule has 0 heterocycles. The van der Waals surface area contributed by atoms with Gasteiger partial charge in [0.2, 0.25) is 5.91 Å². The molecule has 19 heavy (non-hydrogen) atoms. The summed E-state index contributed by atoms with van der Waals surface area (Å²) in [5, 5.41) is 2.65. The maximum absolute atomic E-state index is 12.1. The minimum Gasteiger partial charge on any atom is -0.398 e. The number of likely N-dealkylation sites (N-methyl/N-ethyl adjacent to an activating group) is 1. The molecular weight excluding hydrogens is 310 g/mol. The highest BCUT2D eigenvalue weighted by atomic mass is 79.9. The van der Waals surface area contributed by atoms with Crippen molar-refractivity contribution in [1.29, 1.82) is 0 Å². The molecule has 2 amide bonds. The minimum absolute atomic E-state index is 0.135. The first-order valence-electron chi connectivity index (χ1n) is 5.97. The van der Waals surface area contributed by atoms with Gasteiger partial charge in [-0.1, -0.05) is 15.9 Å². The molecule has 5 nitrogen and oxygen atoms in total. The zero-order valence-electron chi connectivity index (χ0n) is 11.2. The van der Waals surface area contributed by atoms with Crippen molar-refractivity contribution in [2.75, 3.05) is 19.3 Å². The molecule has 0 aliphatic rings. The van der Waals surface area contributed by atoms with Crippen LogP contribution in [0.3, 0.4) is 0 Å². The number of hydrogen-bond donors (Lipinski definition) is 2. The third-order valence-corrected chi connectivity index (χ3v) is 3.32. The maximum atomic E-state index is 12.1. The number of carbonyl (C=O) groups is 2. The summed E-state index contributed by atoms with van der Waals surface area (Å²) >= 11 is 3.28. The van der Waals surface area contributed by atoms with E-state index in [1.807, 2.05) is 6.92 Å². The van der Waals surface area contributed by atoms with Crippen LogP contribution in [-0.2, 0) is 4.79 Å². The second-order valence-electron chi connectivity index (χ2n) is 4.28. The molecule has 1 atom stereocenters. The summed E-state index contributed by atoms with van der Waals surface area (Å²) in [5.74, 6) is -0.492. The predicted molar refractivity (Wildman–Crippen MR) is 78.8 cm³/mol. The van der Waals surface area contributed by atoms with Gasteiger partial charge in [-0.2, -0.15) is 0 Å². The molecule has 1 aromatic rings. The first-order chi connectivity index (χ1) is 8.86. The van der Waals surface area contributed by atoms with E-state index >= 15 is 0 Å². The van der Waals surface area contributed by atoms with Gasteiger partial charge in [0.25, 0.3) is 5.91 Å². The van der Waals surface area contributed by atoms with E-state index in [0.29, 0.717) is 17.8 Å². The van der Waals surface area contributed by atoms with E-state index in [-0.39, 0.29) is 11.8 Å². The molecule has 104 valence electrons. The Kier molecular flexibility index (Phi) is 5.35. The van der Waals surface area contributed by atoms with E-state index in [4.69, 9.17) is 5.73 Å². The molecule has 6 heteroatoms. The lowest BCUT2D eigenvalue weighted by Gasteiger charge is -2.20. The molecule has 1 aromatic carbocycles. The summed E-state index contributed by atoms with van der Waals surface area (Å²) in [6, 6.07) is 4.44. The van der Waals surface area contributed by atoms with Crippen LogP contribution in [0, 0.1) is 0 Å². The van der Waals surface area contributed by atoms with Crippen molar-refractivity contribution >= 4 is 33.4 Å². The van der Waals surface area contributed by atoms with Crippen molar-refractivity contribution in [2.45, 2.75) is 19.9 Å². The van der Waals surface area contributed by atoms with Gasteiger partial charge in [0.15, 0.2) is 0 Å². The number of nitrogens with one attached hydrogen (secondary N) is 1. The highest BCUT2D eigenvalue weighted by Crippen LogP contribution is 2.18. The van der Waals surface area contributed by atoms with Gasteiger partial charge < -0.3 is 16.0 Å². The Bertz CT molecular complexity index is 491. The third-order valence-electron chi connectivity index (χ3n) is 2.83. The number of amides is 2. The van der Waals surface area contributed by atoms with Crippen LogP contribution < -0.4 is 11.1 Å². The van der Waals surface area contributed by atoms with E-state index in [1.54, 1.807) is 37.1 Å². The Morgan fingerprint density at radius 1 is 1.47 bits per heavy atom. The summed E-state index contributed by atoms with van der Waals surface area (Å²) in [6.07, 6.45) is 0. The Labute approximate surface area is 121 Å². The number of carbonyl (C=O) groups excluding carboxylic acids is 2. The fraction of sp³-hybridized carbons (Fsp3) is 0.385. The van der Waals surface area contributed by atoms with E-state index < -0.39 is 6.04 Å². The number of nitrogens with zero attached hydrogens (tertiary/aromatic N) is 1. The van der Waals surface area contributed by atoms with Crippen LogP contribution in [0.25, 0.3) is 0 Å². The highest BCUT2D eigenvalue weighted by Gasteiger charge is 2.20. The van der Waals surface area contributed by atoms with E-state index in [0.717, 1.165) is 4.47 Å². The lowest BCUT2D eigenvalue weighted by atomic mass is 10.1. The Balaban J connectivity index is 2.80. The molecule has 0 aromatic heterocycles. The van der Waals surface area contributed by atoms with Gasteiger partial charge in [-0.05, 0) is 32.0 Å². The lowest BCUT2D eigenvalue weighted by molar-refractivity contribution is -0.131. The summed E-state index contributed by atoms with van der Waals surface area (Å²) in [6.45, 7) is 4.12. The van der Waals surface area contributed by atoms with Gasteiger partial charge in [0, 0.05) is 23.8 Å². The van der Waals surface area contributed by atoms with Gasteiger partial charge in [-0.25, -0.2) is 0 Å². The van der Waals surface area contributed by atoms with Crippen LogP contribution in [0.5, 0.6) is 0 Å². The molecule has 1 unspecified atom stereocenters. The summed E-state index contributed by atoms with van der Waals surface area (Å²) in [7, 11) is 1.69. The molecule has 0 radical (unpaired) electrons. The van der Waals surface area contributed by atoms with Gasteiger partial charge in [-0.3, -0.25) is 9.59 Å². The Morgan fingerprint density at radius 3 is 2.68 bits per heavy atom. The molecule has 3 N–H and O–H groups in total. The molecule has 0 saturated heterocycles. The minimum atomic E-state index is -0.587. The van der Waals surface area contributed by atoms with Crippen LogP contribution in [-0.4, -0.2) is 36.3 Å². The molecule has 0 fully saturated rings. The standard InChI is InChI=1S/C13H18BrN3O2/c1-4-17(3)13(19)8(2)16-12(18)10-7-9(14)5-6-11(10)15/h5-8H,4,15H2,1-3H3,(H,16,18). The number of rotatable bonds is 4. The number of nitrogens with two attached hydrogens (primary N) is 1. The smallest absolute Gasteiger partial charge is 0.254 e. The van der Waals surface area contributed by atoms with Crippen molar-refractivity contribution in [2.24, 2.45) is 0 Å². The van der Waals surface area contributed by atoms with Crippen LogP contribution >= 0.6 is 15.9 Å².